The summed E-state index contributed by atoms with van der Waals surface area (Å²) in [7, 11) is 0. The molecular weight excluding hydrogens is 324 g/mol. The Kier molecular flexibility index (Phi) is 4.28. The lowest BCUT2D eigenvalue weighted by Crippen LogP contribution is -2.17. The van der Waals surface area contributed by atoms with Crippen molar-refractivity contribution in [2.24, 2.45) is 0 Å². The number of rotatable bonds is 4. The maximum atomic E-state index is 14.5. The molecule has 2 aromatic heterocycles. The van der Waals surface area contributed by atoms with Crippen LogP contribution in [0.25, 0.3) is 22.4 Å². The number of pyridine rings is 1. The molecule has 25 heavy (non-hydrogen) atoms. The van der Waals surface area contributed by atoms with E-state index in [1.54, 1.807) is 35.4 Å². The van der Waals surface area contributed by atoms with Crippen LogP contribution in [-0.2, 0) is 11.3 Å². The van der Waals surface area contributed by atoms with E-state index in [-0.39, 0.29) is 11.7 Å². The molecule has 4 nitrogen and oxygen atoms in total. The minimum Gasteiger partial charge on any atom is -0.376 e. The second kappa shape index (κ2) is 6.72. The van der Waals surface area contributed by atoms with Gasteiger partial charge in [-0.25, -0.2) is 8.78 Å². The number of nitrogens with zero attached hydrogens (tertiary/aromatic N) is 3. The van der Waals surface area contributed by atoms with E-state index in [4.69, 9.17) is 4.74 Å². The Balaban J connectivity index is 1.87. The Labute approximate surface area is 144 Å². The molecule has 1 saturated heterocycles. The lowest BCUT2D eigenvalue weighted by atomic mass is 10.0. The van der Waals surface area contributed by atoms with E-state index >= 15 is 0 Å². The Morgan fingerprint density at radius 1 is 1.12 bits per heavy atom. The number of hydrogen-bond acceptors (Lipinski definition) is 3. The molecule has 1 aromatic carbocycles. The second-order valence-corrected chi connectivity index (χ2v) is 6.06. The number of ether oxygens (including phenoxy) is 1. The van der Waals surface area contributed by atoms with Crippen molar-refractivity contribution in [1.82, 2.24) is 14.8 Å². The summed E-state index contributed by atoms with van der Waals surface area (Å²) in [6, 6.07) is 7.49. The summed E-state index contributed by atoms with van der Waals surface area (Å²) in [6.45, 7) is 1.18. The van der Waals surface area contributed by atoms with Crippen LogP contribution < -0.4 is 0 Å². The lowest BCUT2D eigenvalue weighted by Gasteiger charge is -2.15. The molecule has 6 heteroatoms. The molecule has 1 atom stereocenters. The van der Waals surface area contributed by atoms with Crippen LogP contribution in [0.4, 0.5) is 8.78 Å². The normalized spacial score (nSPS) is 17.1. The van der Waals surface area contributed by atoms with Crippen LogP contribution in [0.2, 0.25) is 0 Å². The topological polar surface area (TPSA) is 39.9 Å². The maximum absolute atomic E-state index is 14.5. The van der Waals surface area contributed by atoms with Gasteiger partial charge in [-0.3, -0.25) is 9.67 Å². The van der Waals surface area contributed by atoms with Crippen molar-refractivity contribution in [3.8, 4) is 22.4 Å². The number of hydrogen-bond donors (Lipinski definition) is 0. The Morgan fingerprint density at radius 2 is 1.88 bits per heavy atom. The van der Waals surface area contributed by atoms with Gasteiger partial charge in [-0.05, 0) is 42.7 Å². The quantitative estimate of drug-likeness (QED) is 0.718. The zero-order chi connectivity index (χ0) is 17.2. The smallest absolute Gasteiger partial charge is 0.135 e. The fourth-order valence-corrected chi connectivity index (χ4v) is 3.24. The molecule has 1 fully saturated rings. The van der Waals surface area contributed by atoms with Crippen LogP contribution in [0, 0.1) is 11.6 Å². The summed E-state index contributed by atoms with van der Waals surface area (Å²) < 4.78 is 36.3. The molecule has 128 valence electrons. The van der Waals surface area contributed by atoms with Gasteiger partial charge in [-0.1, -0.05) is 6.07 Å². The van der Waals surface area contributed by atoms with E-state index in [0.29, 0.717) is 24.4 Å². The van der Waals surface area contributed by atoms with Gasteiger partial charge >= 0.3 is 0 Å². The third-order valence-electron chi connectivity index (χ3n) is 4.43. The van der Waals surface area contributed by atoms with Crippen LogP contribution in [-0.4, -0.2) is 27.5 Å². The highest BCUT2D eigenvalue weighted by Crippen LogP contribution is 2.35. The third kappa shape index (κ3) is 3.05. The predicted octanol–water partition coefficient (Wildman–Crippen LogP) is 4.07. The molecule has 4 rings (SSSR count). The number of aromatic nitrogens is 3. The predicted molar refractivity (Wildman–Crippen MR) is 89.8 cm³/mol. The van der Waals surface area contributed by atoms with Crippen molar-refractivity contribution < 1.29 is 13.5 Å². The summed E-state index contributed by atoms with van der Waals surface area (Å²) in [5.41, 5.74) is 1.85. The molecule has 1 unspecified atom stereocenters. The first-order valence-electron chi connectivity index (χ1n) is 8.26. The van der Waals surface area contributed by atoms with Gasteiger partial charge in [-0.15, -0.1) is 0 Å². The van der Waals surface area contributed by atoms with Crippen LogP contribution in [0.1, 0.15) is 12.8 Å². The largest absolute Gasteiger partial charge is 0.376 e. The standard InChI is InChI=1S/C19H17F2N3O/c20-16-4-1-5-17(21)18(16)19-15(13-6-8-22-9-7-13)11-23-24(19)12-14-3-2-10-25-14/h1,4-9,11,14H,2-3,10,12H2. The fourth-order valence-electron chi connectivity index (χ4n) is 3.24. The maximum Gasteiger partial charge on any atom is 0.135 e. The molecule has 3 heterocycles. The molecule has 0 bridgehead atoms. The molecule has 0 saturated carbocycles. The molecular formula is C19H17F2N3O. The summed E-state index contributed by atoms with van der Waals surface area (Å²) in [6.07, 6.45) is 6.86. The van der Waals surface area contributed by atoms with Gasteiger partial charge in [-0.2, -0.15) is 5.10 Å². The molecule has 0 amide bonds. The van der Waals surface area contributed by atoms with Crippen molar-refractivity contribution in [1.29, 1.82) is 0 Å². The Morgan fingerprint density at radius 3 is 2.56 bits per heavy atom. The van der Waals surface area contributed by atoms with Gasteiger partial charge in [0.05, 0.1) is 30.1 Å². The zero-order valence-corrected chi connectivity index (χ0v) is 13.5. The molecule has 3 aromatic rings. The average Bonchev–Trinajstić information content (AvgIpc) is 3.27. The fraction of sp³-hybridized carbons (Fsp3) is 0.263. The van der Waals surface area contributed by atoms with Crippen molar-refractivity contribution >= 4 is 0 Å². The highest BCUT2D eigenvalue weighted by molar-refractivity contribution is 5.81. The monoisotopic (exact) mass is 341 g/mol. The van der Waals surface area contributed by atoms with Crippen LogP contribution in [0.3, 0.4) is 0 Å². The summed E-state index contributed by atoms with van der Waals surface area (Å²) >= 11 is 0. The first-order chi connectivity index (χ1) is 12.2. The van der Waals surface area contributed by atoms with Crippen molar-refractivity contribution in [3.63, 3.8) is 0 Å². The van der Waals surface area contributed by atoms with E-state index in [1.807, 2.05) is 0 Å². The van der Waals surface area contributed by atoms with Crippen LogP contribution in [0.5, 0.6) is 0 Å². The summed E-state index contributed by atoms with van der Waals surface area (Å²) in [5, 5.41) is 4.40. The van der Waals surface area contributed by atoms with Gasteiger partial charge in [0, 0.05) is 24.6 Å². The first kappa shape index (κ1) is 15.9. The highest BCUT2D eigenvalue weighted by atomic mass is 19.1. The average molecular weight is 341 g/mol. The van der Waals surface area contributed by atoms with Gasteiger partial charge in [0.2, 0.25) is 0 Å². The van der Waals surface area contributed by atoms with Crippen molar-refractivity contribution in [3.05, 3.63) is 60.6 Å². The van der Waals surface area contributed by atoms with E-state index in [2.05, 4.69) is 10.1 Å². The van der Waals surface area contributed by atoms with Crippen molar-refractivity contribution in [2.75, 3.05) is 6.61 Å². The molecule has 0 radical (unpaired) electrons. The van der Waals surface area contributed by atoms with Gasteiger partial charge in [0.25, 0.3) is 0 Å². The molecule has 1 aliphatic rings. The summed E-state index contributed by atoms with van der Waals surface area (Å²) in [5.74, 6) is -1.21. The highest BCUT2D eigenvalue weighted by Gasteiger charge is 2.24. The molecule has 1 aliphatic heterocycles. The minimum atomic E-state index is -0.607. The van der Waals surface area contributed by atoms with Crippen LogP contribution in [0.15, 0.2) is 48.9 Å². The summed E-state index contributed by atoms with van der Waals surface area (Å²) in [4.78, 5) is 4.00. The SMILES string of the molecule is Fc1cccc(F)c1-c1c(-c2ccncc2)cnn1CC1CCCO1. The third-order valence-corrected chi connectivity index (χ3v) is 4.43. The Hall–Kier alpha value is -2.60. The van der Waals surface area contributed by atoms with E-state index in [9.17, 15) is 8.78 Å². The van der Waals surface area contributed by atoms with Gasteiger partial charge in [0.15, 0.2) is 0 Å². The van der Waals surface area contributed by atoms with E-state index in [0.717, 1.165) is 18.4 Å². The zero-order valence-electron chi connectivity index (χ0n) is 13.5. The molecule has 0 aliphatic carbocycles. The van der Waals surface area contributed by atoms with Gasteiger partial charge in [0.1, 0.15) is 11.6 Å². The van der Waals surface area contributed by atoms with Crippen LogP contribution >= 0.6 is 0 Å². The molecule has 0 N–H and O–H groups in total. The molecule has 0 spiro atoms. The lowest BCUT2D eigenvalue weighted by molar-refractivity contribution is 0.0944. The minimum absolute atomic E-state index is 0.0128. The van der Waals surface area contributed by atoms with E-state index < -0.39 is 11.6 Å². The van der Waals surface area contributed by atoms with E-state index in [1.165, 1.54) is 18.2 Å². The number of halogens is 2. The number of benzene rings is 1. The van der Waals surface area contributed by atoms with Gasteiger partial charge < -0.3 is 4.74 Å². The van der Waals surface area contributed by atoms with Crippen molar-refractivity contribution in [2.45, 2.75) is 25.5 Å². The Bertz CT molecular complexity index is 853. The second-order valence-electron chi connectivity index (χ2n) is 6.06. The first-order valence-corrected chi connectivity index (χ1v) is 8.26.